The van der Waals surface area contributed by atoms with Crippen molar-refractivity contribution < 1.29 is 14.3 Å². The first kappa shape index (κ1) is 20.4. The van der Waals surface area contributed by atoms with Crippen LogP contribution >= 0.6 is 23.6 Å². The molecule has 28 heavy (non-hydrogen) atoms. The Hall–Kier alpha value is -2.29. The van der Waals surface area contributed by atoms with Crippen molar-refractivity contribution in [3.63, 3.8) is 0 Å². The first-order chi connectivity index (χ1) is 13.6. The zero-order chi connectivity index (χ0) is 19.9. The molecule has 1 saturated heterocycles. The molecular formula is C20H23N3O3S2. The number of hydrogen-bond donors (Lipinski definition) is 1. The first-order valence-corrected chi connectivity index (χ1v) is 10.4. The Morgan fingerprint density at radius 3 is 2.79 bits per heavy atom. The van der Waals surface area contributed by atoms with Gasteiger partial charge in [0.15, 0.2) is 5.11 Å². The van der Waals surface area contributed by atoms with Crippen LogP contribution in [0.3, 0.4) is 0 Å². The SMILES string of the molecule is CCOCCCN1C(=O)/C(=C/c2ccc(OCc3csc(C)n3)cc2)NC1=S. The minimum atomic E-state index is -0.110. The van der Waals surface area contributed by atoms with Gasteiger partial charge in [0.2, 0.25) is 0 Å². The molecule has 2 heterocycles. The zero-order valence-electron chi connectivity index (χ0n) is 15.9. The largest absolute Gasteiger partial charge is 0.487 e. The number of ether oxygens (including phenoxy) is 2. The maximum atomic E-state index is 12.5. The third-order valence-corrected chi connectivity index (χ3v) is 5.23. The van der Waals surface area contributed by atoms with E-state index >= 15 is 0 Å². The highest BCUT2D eigenvalue weighted by Crippen LogP contribution is 2.19. The molecule has 0 spiro atoms. The van der Waals surface area contributed by atoms with Crippen molar-refractivity contribution in [2.75, 3.05) is 19.8 Å². The summed E-state index contributed by atoms with van der Waals surface area (Å²) in [4.78, 5) is 18.5. The Morgan fingerprint density at radius 1 is 1.32 bits per heavy atom. The molecule has 0 aliphatic carbocycles. The Balaban J connectivity index is 1.57. The van der Waals surface area contributed by atoms with Crippen molar-refractivity contribution in [1.29, 1.82) is 0 Å². The number of thiazole rings is 1. The monoisotopic (exact) mass is 417 g/mol. The Kier molecular flexibility index (Phi) is 7.13. The highest BCUT2D eigenvalue weighted by atomic mass is 32.1. The van der Waals surface area contributed by atoms with Gasteiger partial charge >= 0.3 is 0 Å². The Labute approximate surface area is 174 Å². The molecule has 1 aliphatic heterocycles. The summed E-state index contributed by atoms with van der Waals surface area (Å²) < 4.78 is 11.1. The van der Waals surface area contributed by atoms with E-state index in [0.29, 0.717) is 37.2 Å². The molecule has 0 unspecified atom stereocenters. The second kappa shape index (κ2) is 9.77. The second-order valence-corrected chi connectivity index (χ2v) is 7.66. The summed E-state index contributed by atoms with van der Waals surface area (Å²) >= 11 is 6.89. The third-order valence-electron chi connectivity index (χ3n) is 4.08. The van der Waals surface area contributed by atoms with Crippen molar-refractivity contribution in [1.82, 2.24) is 15.2 Å². The predicted octanol–water partition coefficient (Wildman–Crippen LogP) is 3.51. The Bertz CT molecular complexity index is 862. The van der Waals surface area contributed by atoms with E-state index < -0.39 is 0 Å². The van der Waals surface area contributed by atoms with Gasteiger partial charge in [-0.25, -0.2) is 4.98 Å². The lowest BCUT2D eigenvalue weighted by atomic mass is 10.2. The number of carbonyl (C=O) groups excluding carboxylic acids is 1. The number of nitrogens with zero attached hydrogens (tertiary/aromatic N) is 2. The average molecular weight is 418 g/mol. The molecule has 1 aliphatic rings. The van der Waals surface area contributed by atoms with Crippen LogP contribution in [0.2, 0.25) is 0 Å². The fourth-order valence-corrected chi connectivity index (χ4v) is 3.58. The van der Waals surface area contributed by atoms with Gasteiger partial charge in [-0.15, -0.1) is 11.3 Å². The van der Waals surface area contributed by atoms with Crippen molar-refractivity contribution in [3.05, 3.63) is 51.6 Å². The van der Waals surface area contributed by atoms with Crippen molar-refractivity contribution in [3.8, 4) is 5.75 Å². The van der Waals surface area contributed by atoms with Crippen LogP contribution < -0.4 is 10.1 Å². The number of benzene rings is 1. The quantitative estimate of drug-likeness (QED) is 0.383. The van der Waals surface area contributed by atoms with Gasteiger partial charge < -0.3 is 14.8 Å². The van der Waals surface area contributed by atoms with Crippen molar-refractivity contribution in [2.24, 2.45) is 0 Å². The van der Waals surface area contributed by atoms with Gasteiger partial charge in [-0.05, 0) is 56.3 Å². The highest BCUT2D eigenvalue weighted by molar-refractivity contribution is 7.80. The molecule has 6 nitrogen and oxygen atoms in total. The van der Waals surface area contributed by atoms with E-state index in [1.54, 1.807) is 22.3 Å². The van der Waals surface area contributed by atoms with Gasteiger partial charge in [-0.2, -0.15) is 0 Å². The predicted molar refractivity (Wildman–Crippen MR) is 114 cm³/mol. The van der Waals surface area contributed by atoms with E-state index in [1.807, 2.05) is 43.5 Å². The number of carbonyl (C=O) groups is 1. The minimum Gasteiger partial charge on any atom is -0.487 e. The molecule has 0 radical (unpaired) electrons. The summed E-state index contributed by atoms with van der Waals surface area (Å²) in [5, 5.41) is 6.45. The molecule has 1 N–H and O–H groups in total. The van der Waals surface area contributed by atoms with E-state index in [4.69, 9.17) is 21.7 Å². The lowest BCUT2D eigenvalue weighted by molar-refractivity contribution is -0.122. The van der Waals surface area contributed by atoms with E-state index in [-0.39, 0.29) is 5.91 Å². The summed E-state index contributed by atoms with van der Waals surface area (Å²) in [5.41, 5.74) is 2.30. The fraction of sp³-hybridized carbons (Fsp3) is 0.350. The molecule has 1 fully saturated rings. The van der Waals surface area contributed by atoms with Crippen LogP contribution in [0.4, 0.5) is 0 Å². The van der Waals surface area contributed by atoms with Gasteiger partial charge in [0.05, 0.1) is 10.7 Å². The summed E-state index contributed by atoms with van der Waals surface area (Å²) in [5.74, 6) is 0.646. The van der Waals surface area contributed by atoms with Gasteiger partial charge in [0.25, 0.3) is 5.91 Å². The molecular weight excluding hydrogens is 394 g/mol. The number of hydrogen-bond acceptors (Lipinski definition) is 6. The molecule has 1 aromatic heterocycles. The smallest absolute Gasteiger partial charge is 0.276 e. The maximum Gasteiger partial charge on any atom is 0.276 e. The van der Waals surface area contributed by atoms with Crippen LogP contribution in [0.15, 0.2) is 35.3 Å². The number of aryl methyl sites for hydroxylation is 1. The number of amides is 1. The molecule has 2 aromatic rings. The van der Waals surface area contributed by atoms with E-state index in [2.05, 4.69) is 10.3 Å². The standard InChI is InChI=1S/C20H23N3O3S2/c1-3-25-10-4-9-23-19(24)18(22-20(23)27)11-15-5-7-17(8-6-15)26-12-16-13-28-14(2)21-16/h5-8,11,13H,3-4,9-10,12H2,1-2H3,(H,22,27)/b18-11-. The number of rotatable bonds is 9. The van der Waals surface area contributed by atoms with Gasteiger partial charge in [-0.1, -0.05) is 12.1 Å². The van der Waals surface area contributed by atoms with Crippen molar-refractivity contribution in [2.45, 2.75) is 26.9 Å². The van der Waals surface area contributed by atoms with E-state index in [9.17, 15) is 4.79 Å². The second-order valence-electron chi connectivity index (χ2n) is 6.21. The molecule has 8 heteroatoms. The Morgan fingerprint density at radius 2 is 2.11 bits per heavy atom. The maximum absolute atomic E-state index is 12.5. The topological polar surface area (TPSA) is 63.7 Å². The lowest BCUT2D eigenvalue weighted by Crippen LogP contribution is -2.32. The molecule has 0 bridgehead atoms. The van der Waals surface area contributed by atoms with E-state index in [1.165, 1.54) is 0 Å². The third kappa shape index (κ3) is 5.37. The number of aromatic nitrogens is 1. The van der Waals surface area contributed by atoms with Gasteiger partial charge in [-0.3, -0.25) is 9.69 Å². The van der Waals surface area contributed by atoms with E-state index in [0.717, 1.165) is 28.4 Å². The normalized spacial score (nSPS) is 15.4. The molecule has 0 atom stereocenters. The molecule has 0 saturated carbocycles. The van der Waals surface area contributed by atoms with Crippen molar-refractivity contribution >= 4 is 40.7 Å². The molecule has 1 aromatic carbocycles. The van der Waals surface area contributed by atoms with Crippen LogP contribution in [0.5, 0.6) is 5.75 Å². The van der Waals surface area contributed by atoms with Crippen LogP contribution in [0.1, 0.15) is 29.6 Å². The summed E-state index contributed by atoms with van der Waals surface area (Å²) in [6.07, 6.45) is 2.55. The summed E-state index contributed by atoms with van der Waals surface area (Å²) in [7, 11) is 0. The average Bonchev–Trinajstić information content (AvgIpc) is 3.22. The molecule has 1 amide bonds. The first-order valence-electron chi connectivity index (χ1n) is 9.13. The highest BCUT2D eigenvalue weighted by Gasteiger charge is 2.29. The zero-order valence-corrected chi connectivity index (χ0v) is 17.6. The van der Waals surface area contributed by atoms with Gasteiger partial charge in [0.1, 0.15) is 18.1 Å². The molecule has 3 rings (SSSR count). The van der Waals surface area contributed by atoms with Crippen LogP contribution in [-0.4, -0.2) is 40.7 Å². The lowest BCUT2D eigenvalue weighted by Gasteiger charge is -2.13. The number of thiocarbonyl (C=S) groups is 1. The summed E-state index contributed by atoms with van der Waals surface area (Å²) in [6.45, 7) is 6.19. The van der Waals surface area contributed by atoms with Crippen LogP contribution in [-0.2, 0) is 16.1 Å². The number of nitrogens with one attached hydrogen (secondary N) is 1. The van der Waals surface area contributed by atoms with Gasteiger partial charge in [0, 0.05) is 25.1 Å². The van der Waals surface area contributed by atoms with Crippen LogP contribution in [0.25, 0.3) is 6.08 Å². The fourth-order valence-electron chi connectivity index (χ4n) is 2.70. The van der Waals surface area contributed by atoms with Crippen LogP contribution in [0, 0.1) is 6.92 Å². The summed E-state index contributed by atoms with van der Waals surface area (Å²) in [6, 6.07) is 7.57. The minimum absolute atomic E-state index is 0.110. The molecule has 148 valence electrons.